The van der Waals surface area contributed by atoms with Gasteiger partial charge in [0.15, 0.2) is 0 Å². The van der Waals surface area contributed by atoms with Crippen molar-refractivity contribution in [3.63, 3.8) is 0 Å². The molecule has 0 unspecified atom stereocenters. The molecule has 1 heterocycles. The number of aromatic hydroxyl groups is 1. The van der Waals surface area contributed by atoms with Crippen molar-refractivity contribution in [2.24, 2.45) is 5.92 Å². The third-order valence-electron chi connectivity index (χ3n) is 6.94. The van der Waals surface area contributed by atoms with Gasteiger partial charge >= 0.3 is 0 Å². The van der Waals surface area contributed by atoms with E-state index in [0.717, 1.165) is 58.4 Å². The van der Waals surface area contributed by atoms with Crippen molar-refractivity contribution < 1.29 is 5.11 Å². The lowest BCUT2D eigenvalue weighted by Crippen LogP contribution is -2.31. The maximum Gasteiger partial charge on any atom is 0.225 e. The maximum absolute atomic E-state index is 10.4. The summed E-state index contributed by atoms with van der Waals surface area (Å²) < 4.78 is 0. The van der Waals surface area contributed by atoms with Crippen LogP contribution in [0.3, 0.4) is 0 Å². The van der Waals surface area contributed by atoms with Gasteiger partial charge in [0.25, 0.3) is 0 Å². The van der Waals surface area contributed by atoms with Gasteiger partial charge < -0.3 is 20.6 Å². The molecule has 0 bridgehead atoms. The number of nitrogens with one attached hydrogen (secondary N) is 2. The number of hydrogen-bond acceptors (Lipinski definition) is 6. The Hall–Kier alpha value is -3.38. The molecule has 3 N–H and O–H groups in total. The van der Waals surface area contributed by atoms with Crippen molar-refractivity contribution in [3.8, 4) is 5.75 Å². The van der Waals surface area contributed by atoms with Crippen LogP contribution in [-0.4, -0.2) is 41.8 Å². The average molecular weight is 456 g/mol. The zero-order chi connectivity index (χ0) is 23.5. The van der Waals surface area contributed by atoms with Crippen LogP contribution in [0.5, 0.6) is 5.75 Å². The zero-order valence-electron chi connectivity index (χ0n) is 20.0. The van der Waals surface area contributed by atoms with E-state index < -0.39 is 0 Å². The lowest BCUT2D eigenvalue weighted by molar-refractivity contribution is 0.323. The average Bonchev–Trinajstić information content (AvgIpc) is 2.86. The highest BCUT2D eigenvalue weighted by Crippen LogP contribution is 2.29. The number of benzene rings is 3. The van der Waals surface area contributed by atoms with Crippen LogP contribution in [0.15, 0.2) is 60.7 Å². The largest absolute Gasteiger partial charge is 0.508 e. The summed E-state index contributed by atoms with van der Waals surface area (Å²) >= 11 is 0. The number of para-hydroxylation sites is 1. The predicted molar refractivity (Wildman–Crippen MR) is 141 cm³/mol. The second-order valence-corrected chi connectivity index (χ2v) is 9.56. The molecule has 0 aliphatic heterocycles. The van der Waals surface area contributed by atoms with E-state index in [1.54, 1.807) is 6.07 Å². The number of phenolic OH excluding ortho intramolecular Hbond substituents is 1. The van der Waals surface area contributed by atoms with Crippen LogP contribution in [-0.2, 0) is 6.54 Å². The fourth-order valence-corrected chi connectivity index (χ4v) is 5.07. The first-order valence-corrected chi connectivity index (χ1v) is 12.2. The summed E-state index contributed by atoms with van der Waals surface area (Å²) in [6, 6.07) is 20.6. The highest BCUT2D eigenvalue weighted by molar-refractivity contribution is 5.90. The third kappa shape index (κ3) is 4.77. The molecule has 4 aromatic rings. The Bertz CT molecular complexity index is 1280. The molecule has 34 heavy (non-hydrogen) atoms. The molecule has 1 aliphatic rings. The van der Waals surface area contributed by atoms with E-state index in [-0.39, 0.29) is 0 Å². The molecule has 0 amide bonds. The quantitative estimate of drug-likeness (QED) is 0.350. The number of hydrogen-bond donors (Lipinski definition) is 3. The minimum absolute atomic E-state index is 0.367. The molecule has 0 spiro atoms. The Morgan fingerprint density at radius 3 is 2.41 bits per heavy atom. The van der Waals surface area contributed by atoms with Gasteiger partial charge in [-0.25, -0.2) is 4.98 Å². The molecule has 0 saturated heterocycles. The predicted octanol–water partition coefficient (Wildman–Crippen LogP) is 5.32. The van der Waals surface area contributed by atoms with E-state index in [1.165, 1.54) is 12.8 Å². The SMILES string of the molecule is CN(C)c1nc(N[C@H]2CC[C@@H](CNCc3c(O)ccc4ccccc34)CC2)nc2ccccc12. The molecular formula is C28H33N5O. The van der Waals surface area contributed by atoms with Gasteiger partial charge in [-0.2, -0.15) is 4.98 Å². The number of phenols is 1. The summed E-state index contributed by atoms with van der Waals surface area (Å²) in [6.45, 7) is 1.65. The highest BCUT2D eigenvalue weighted by Gasteiger charge is 2.22. The molecule has 176 valence electrons. The first-order valence-electron chi connectivity index (χ1n) is 12.2. The monoisotopic (exact) mass is 455 g/mol. The van der Waals surface area contributed by atoms with E-state index in [9.17, 15) is 5.11 Å². The van der Waals surface area contributed by atoms with Gasteiger partial charge in [0.1, 0.15) is 11.6 Å². The summed E-state index contributed by atoms with van der Waals surface area (Å²) in [4.78, 5) is 11.6. The van der Waals surface area contributed by atoms with Gasteiger partial charge in [0.05, 0.1) is 5.52 Å². The molecule has 6 heteroatoms. The van der Waals surface area contributed by atoms with Crippen LogP contribution in [0, 0.1) is 5.92 Å². The van der Waals surface area contributed by atoms with Crippen molar-refractivity contribution in [3.05, 3.63) is 66.2 Å². The van der Waals surface area contributed by atoms with E-state index >= 15 is 0 Å². The van der Waals surface area contributed by atoms with Gasteiger partial charge in [0, 0.05) is 37.6 Å². The number of rotatable bonds is 7. The Morgan fingerprint density at radius 1 is 0.882 bits per heavy atom. The molecule has 0 radical (unpaired) electrons. The van der Waals surface area contributed by atoms with Crippen molar-refractivity contribution >= 4 is 33.4 Å². The van der Waals surface area contributed by atoms with Gasteiger partial charge in [-0.05, 0) is 67.1 Å². The van der Waals surface area contributed by atoms with Crippen LogP contribution in [0.25, 0.3) is 21.7 Å². The van der Waals surface area contributed by atoms with Crippen LogP contribution in [0.1, 0.15) is 31.2 Å². The number of fused-ring (bicyclic) bond motifs is 2. The number of aromatic nitrogens is 2. The number of anilines is 2. The smallest absolute Gasteiger partial charge is 0.225 e. The van der Waals surface area contributed by atoms with Crippen molar-refractivity contribution in [2.45, 2.75) is 38.3 Å². The molecule has 3 aromatic carbocycles. The normalized spacial score (nSPS) is 18.3. The van der Waals surface area contributed by atoms with E-state index in [1.807, 2.05) is 55.4 Å². The lowest BCUT2D eigenvalue weighted by Gasteiger charge is -2.29. The van der Waals surface area contributed by atoms with Crippen LogP contribution < -0.4 is 15.5 Å². The van der Waals surface area contributed by atoms with Crippen molar-refractivity contribution in [1.82, 2.24) is 15.3 Å². The standard InChI is InChI=1S/C28H33N5O/c1-33(2)27-23-9-5-6-10-25(23)31-28(32-27)30-21-14-11-19(12-15-21)17-29-18-24-22-8-4-3-7-20(22)13-16-26(24)34/h3-10,13,16,19,21,29,34H,11-12,14-15,17-18H2,1-2H3,(H,30,31,32)/t19-,21+. The molecule has 1 fully saturated rings. The Kier molecular flexibility index (Phi) is 6.50. The van der Waals surface area contributed by atoms with Crippen LogP contribution in [0.2, 0.25) is 0 Å². The zero-order valence-corrected chi connectivity index (χ0v) is 20.0. The topological polar surface area (TPSA) is 73.3 Å². The van der Waals surface area contributed by atoms with Crippen LogP contribution >= 0.6 is 0 Å². The van der Waals surface area contributed by atoms with Crippen LogP contribution in [0.4, 0.5) is 11.8 Å². The molecule has 1 aliphatic carbocycles. The van der Waals surface area contributed by atoms with Gasteiger partial charge in [-0.1, -0.05) is 42.5 Å². The fourth-order valence-electron chi connectivity index (χ4n) is 5.07. The summed E-state index contributed by atoms with van der Waals surface area (Å²) in [5, 5.41) is 20.9. The molecule has 0 atom stereocenters. The van der Waals surface area contributed by atoms with Gasteiger partial charge in [-0.3, -0.25) is 0 Å². The lowest BCUT2D eigenvalue weighted by atomic mass is 9.86. The molecule has 1 aromatic heterocycles. The van der Waals surface area contributed by atoms with Crippen molar-refractivity contribution in [2.75, 3.05) is 30.9 Å². The summed E-state index contributed by atoms with van der Waals surface area (Å²) in [7, 11) is 4.05. The summed E-state index contributed by atoms with van der Waals surface area (Å²) in [5.41, 5.74) is 1.96. The highest BCUT2D eigenvalue weighted by atomic mass is 16.3. The van der Waals surface area contributed by atoms with E-state index in [0.29, 0.717) is 24.3 Å². The molecule has 1 saturated carbocycles. The third-order valence-corrected chi connectivity index (χ3v) is 6.94. The molecule has 6 nitrogen and oxygen atoms in total. The maximum atomic E-state index is 10.4. The molecular weight excluding hydrogens is 422 g/mol. The Labute approximate surface area is 201 Å². The van der Waals surface area contributed by atoms with Crippen molar-refractivity contribution in [1.29, 1.82) is 0 Å². The first-order chi connectivity index (χ1) is 16.6. The summed E-state index contributed by atoms with van der Waals surface area (Å²) in [6.07, 6.45) is 4.55. The minimum Gasteiger partial charge on any atom is -0.508 e. The second-order valence-electron chi connectivity index (χ2n) is 9.56. The first kappa shape index (κ1) is 22.4. The second kappa shape index (κ2) is 9.85. The Morgan fingerprint density at radius 2 is 1.62 bits per heavy atom. The Balaban J connectivity index is 1.16. The fraction of sp³-hybridized carbons (Fsp3) is 0.357. The van der Waals surface area contributed by atoms with E-state index in [4.69, 9.17) is 9.97 Å². The minimum atomic E-state index is 0.367. The molecule has 5 rings (SSSR count). The van der Waals surface area contributed by atoms with Gasteiger partial charge in [0.2, 0.25) is 5.95 Å². The summed E-state index contributed by atoms with van der Waals surface area (Å²) in [5.74, 6) is 2.68. The van der Waals surface area contributed by atoms with Gasteiger partial charge in [-0.15, -0.1) is 0 Å². The number of nitrogens with zero attached hydrogens (tertiary/aromatic N) is 3. The van der Waals surface area contributed by atoms with E-state index in [2.05, 4.69) is 28.8 Å².